The quantitative estimate of drug-likeness (QED) is 0.887. The average Bonchev–Trinajstić information content (AvgIpc) is 2.90. The van der Waals surface area contributed by atoms with Crippen LogP contribution in [-0.2, 0) is 16.0 Å². The van der Waals surface area contributed by atoms with Crippen LogP contribution in [0.15, 0.2) is 30.5 Å². The highest BCUT2D eigenvalue weighted by Gasteiger charge is 2.22. The Balaban J connectivity index is 2.29. The third-order valence-corrected chi connectivity index (χ3v) is 3.91. The molecule has 25 heavy (non-hydrogen) atoms. The van der Waals surface area contributed by atoms with Gasteiger partial charge in [-0.2, -0.15) is 0 Å². The molecule has 0 fully saturated rings. The Morgan fingerprint density at radius 3 is 2.56 bits per heavy atom. The van der Waals surface area contributed by atoms with Gasteiger partial charge < -0.3 is 10.1 Å². The SMILES string of the molecule is CCCNC(=O)[C@@H](C)Cc1cn(C(=O)OC(C)(C)C)c2ccccc12. The molecule has 0 saturated carbocycles. The second kappa shape index (κ2) is 7.72. The van der Waals surface area contributed by atoms with E-state index < -0.39 is 11.7 Å². The van der Waals surface area contributed by atoms with E-state index >= 15 is 0 Å². The molecule has 1 aromatic heterocycles. The van der Waals surface area contributed by atoms with E-state index in [2.05, 4.69) is 5.32 Å². The number of fused-ring (bicyclic) bond motifs is 1. The lowest BCUT2D eigenvalue weighted by Crippen LogP contribution is -2.30. The van der Waals surface area contributed by atoms with Crippen LogP contribution < -0.4 is 5.32 Å². The van der Waals surface area contributed by atoms with Crippen molar-refractivity contribution in [2.45, 2.75) is 53.1 Å². The molecule has 1 amide bonds. The Labute approximate surface area is 149 Å². The van der Waals surface area contributed by atoms with E-state index in [1.807, 2.05) is 58.9 Å². The van der Waals surface area contributed by atoms with E-state index in [1.54, 1.807) is 6.20 Å². The largest absolute Gasteiger partial charge is 0.443 e. The molecule has 0 radical (unpaired) electrons. The van der Waals surface area contributed by atoms with Gasteiger partial charge in [0, 0.05) is 24.0 Å². The summed E-state index contributed by atoms with van der Waals surface area (Å²) in [6.45, 7) is 10.2. The summed E-state index contributed by atoms with van der Waals surface area (Å²) in [4.78, 5) is 24.7. The van der Waals surface area contributed by atoms with Crippen LogP contribution in [0.1, 0.15) is 46.6 Å². The molecule has 0 bridgehead atoms. The van der Waals surface area contributed by atoms with Gasteiger partial charge in [0.1, 0.15) is 5.60 Å². The molecule has 136 valence electrons. The third-order valence-electron chi connectivity index (χ3n) is 3.91. The van der Waals surface area contributed by atoms with E-state index in [0.29, 0.717) is 13.0 Å². The number of nitrogens with zero attached hydrogens (tertiary/aromatic N) is 1. The molecular formula is C20H28N2O3. The summed E-state index contributed by atoms with van der Waals surface area (Å²) in [7, 11) is 0. The van der Waals surface area contributed by atoms with Crippen molar-refractivity contribution in [1.82, 2.24) is 9.88 Å². The number of nitrogens with one attached hydrogen (secondary N) is 1. The highest BCUT2D eigenvalue weighted by atomic mass is 16.6. The van der Waals surface area contributed by atoms with Crippen LogP contribution >= 0.6 is 0 Å². The molecule has 5 nitrogen and oxygen atoms in total. The summed E-state index contributed by atoms with van der Waals surface area (Å²) >= 11 is 0. The fourth-order valence-corrected chi connectivity index (χ4v) is 2.72. The molecule has 2 aromatic rings. The topological polar surface area (TPSA) is 60.3 Å². The van der Waals surface area contributed by atoms with Crippen molar-refractivity contribution in [3.8, 4) is 0 Å². The van der Waals surface area contributed by atoms with Gasteiger partial charge in [0.05, 0.1) is 5.52 Å². The summed E-state index contributed by atoms with van der Waals surface area (Å²) in [5.74, 6) is -0.125. The number of amides is 1. The minimum absolute atomic E-state index is 0.0379. The molecule has 1 atom stereocenters. The van der Waals surface area contributed by atoms with Gasteiger partial charge in [-0.25, -0.2) is 4.79 Å². The predicted octanol–water partition coefficient (Wildman–Crippen LogP) is 4.13. The van der Waals surface area contributed by atoms with Gasteiger partial charge in [-0.3, -0.25) is 9.36 Å². The lowest BCUT2D eigenvalue weighted by Gasteiger charge is -2.19. The highest BCUT2D eigenvalue weighted by Crippen LogP contribution is 2.25. The standard InChI is InChI=1S/C20H28N2O3/c1-6-11-21-18(23)14(2)12-15-13-22(19(24)25-20(3,4)5)17-10-8-7-9-16(15)17/h7-10,13-14H,6,11-12H2,1-5H3,(H,21,23)/t14-/m0/s1. The van der Waals surface area contributed by atoms with Gasteiger partial charge in [0.2, 0.25) is 5.91 Å². The Kier molecular flexibility index (Phi) is 5.88. The zero-order chi connectivity index (χ0) is 18.6. The number of para-hydroxylation sites is 1. The summed E-state index contributed by atoms with van der Waals surface area (Å²) in [6.07, 6.45) is 2.88. The number of aromatic nitrogens is 1. The van der Waals surface area contributed by atoms with Gasteiger partial charge >= 0.3 is 6.09 Å². The number of rotatable bonds is 5. The molecule has 5 heteroatoms. The van der Waals surface area contributed by atoms with Crippen molar-refractivity contribution in [1.29, 1.82) is 0 Å². The van der Waals surface area contributed by atoms with Crippen LogP contribution in [0.4, 0.5) is 4.79 Å². The lowest BCUT2D eigenvalue weighted by molar-refractivity contribution is -0.124. The highest BCUT2D eigenvalue weighted by molar-refractivity contribution is 5.92. The van der Waals surface area contributed by atoms with Gasteiger partial charge in [-0.05, 0) is 45.2 Å². The van der Waals surface area contributed by atoms with E-state index in [-0.39, 0.29) is 11.8 Å². The summed E-state index contributed by atoms with van der Waals surface area (Å²) in [5.41, 5.74) is 1.21. The molecule has 1 N–H and O–H groups in total. The molecular weight excluding hydrogens is 316 g/mol. The molecule has 0 aliphatic rings. The number of benzene rings is 1. The molecule has 0 spiro atoms. The van der Waals surface area contributed by atoms with Crippen molar-refractivity contribution in [3.63, 3.8) is 0 Å². The second-order valence-corrected chi connectivity index (χ2v) is 7.42. The molecule has 2 rings (SSSR count). The Bertz CT molecular complexity index is 756. The summed E-state index contributed by atoms with van der Waals surface area (Å²) < 4.78 is 7.03. The zero-order valence-electron chi connectivity index (χ0n) is 15.8. The van der Waals surface area contributed by atoms with Crippen LogP contribution in [-0.4, -0.2) is 28.7 Å². The van der Waals surface area contributed by atoms with E-state index in [9.17, 15) is 9.59 Å². The predicted molar refractivity (Wildman–Crippen MR) is 99.7 cm³/mol. The van der Waals surface area contributed by atoms with Gasteiger partial charge in [-0.1, -0.05) is 32.0 Å². The first-order chi connectivity index (χ1) is 11.7. The Hall–Kier alpha value is -2.30. The van der Waals surface area contributed by atoms with Gasteiger partial charge in [-0.15, -0.1) is 0 Å². The molecule has 0 unspecified atom stereocenters. The monoisotopic (exact) mass is 344 g/mol. The van der Waals surface area contributed by atoms with Crippen LogP contribution in [0.2, 0.25) is 0 Å². The second-order valence-electron chi connectivity index (χ2n) is 7.42. The molecule has 0 aliphatic heterocycles. The minimum atomic E-state index is -0.560. The third kappa shape index (κ3) is 4.84. The van der Waals surface area contributed by atoms with Gasteiger partial charge in [0.15, 0.2) is 0 Å². The van der Waals surface area contributed by atoms with Gasteiger partial charge in [0.25, 0.3) is 0 Å². The number of ether oxygens (including phenoxy) is 1. The fourth-order valence-electron chi connectivity index (χ4n) is 2.72. The first-order valence-electron chi connectivity index (χ1n) is 8.83. The number of carbonyl (C=O) groups excluding carboxylic acids is 2. The molecule has 0 aliphatic carbocycles. The normalized spacial score (nSPS) is 12.8. The maximum Gasteiger partial charge on any atom is 0.419 e. The maximum absolute atomic E-state index is 12.5. The Morgan fingerprint density at radius 1 is 1.24 bits per heavy atom. The minimum Gasteiger partial charge on any atom is -0.443 e. The number of hydrogen-bond donors (Lipinski definition) is 1. The van der Waals surface area contributed by atoms with Crippen molar-refractivity contribution >= 4 is 22.9 Å². The van der Waals surface area contributed by atoms with E-state index in [1.165, 1.54) is 4.57 Å². The number of carbonyl (C=O) groups is 2. The van der Waals surface area contributed by atoms with Crippen LogP contribution in [0.5, 0.6) is 0 Å². The average molecular weight is 344 g/mol. The first kappa shape index (κ1) is 19.0. The summed E-state index contributed by atoms with van der Waals surface area (Å²) in [5, 5.41) is 3.90. The van der Waals surface area contributed by atoms with Crippen LogP contribution in [0.25, 0.3) is 10.9 Å². The van der Waals surface area contributed by atoms with Crippen molar-refractivity contribution in [3.05, 3.63) is 36.0 Å². The lowest BCUT2D eigenvalue weighted by atomic mass is 10.00. The van der Waals surface area contributed by atoms with E-state index in [0.717, 1.165) is 22.9 Å². The summed E-state index contributed by atoms with van der Waals surface area (Å²) in [6, 6.07) is 7.70. The molecule has 0 saturated heterocycles. The van der Waals surface area contributed by atoms with Crippen LogP contribution in [0, 0.1) is 5.92 Å². The van der Waals surface area contributed by atoms with Crippen molar-refractivity contribution < 1.29 is 14.3 Å². The van der Waals surface area contributed by atoms with Crippen molar-refractivity contribution in [2.24, 2.45) is 5.92 Å². The van der Waals surface area contributed by atoms with Crippen LogP contribution in [0.3, 0.4) is 0 Å². The number of hydrogen-bond acceptors (Lipinski definition) is 3. The first-order valence-corrected chi connectivity index (χ1v) is 8.83. The van der Waals surface area contributed by atoms with Crippen molar-refractivity contribution in [2.75, 3.05) is 6.54 Å². The maximum atomic E-state index is 12.5. The fraction of sp³-hybridized carbons (Fsp3) is 0.500. The Morgan fingerprint density at radius 2 is 1.92 bits per heavy atom. The zero-order valence-corrected chi connectivity index (χ0v) is 15.8. The molecule has 1 heterocycles. The smallest absolute Gasteiger partial charge is 0.419 e. The van der Waals surface area contributed by atoms with E-state index in [4.69, 9.17) is 4.74 Å². The molecule has 1 aromatic carbocycles.